The maximum atomic E-state index is 13.3. The Morgan fingerprint density at radius 2 is 1.85 bits per heavy atom. The highest BCUT2D eigenvalue weighted by Crippen LogP contribution is 2.22. The minimum atomic E-state index is -0.513. The van der Waals surface area contributed by atoms with Crippen molar-refractivity contribution < 1.29 is 9.18 Å². The smallest absolute Gasteiger partial charge is 0.274 e. The Hall–Kier alpha value is -2.99. The first-order chi connectivity index (χ1) is 12.4. The highest BCUT2D eigenvalue weighted by Gasteiger charge is 2.12. The second-order valence-electron chi connectivity index (χ2n) is 5.80. The molecule has 0 radical (unpaired) electrons. The average molecular weight is 371 g/mol. The van der Waals surface area contributed by atoms with Crippen molar-refractivity contribution in [1.29, 1.82) is 0 Å². The molecule has 1 aromatic heterocycles. The summed E-state index contributed by atoms with van der Waals surface area (Å²) in [5, 5.41) is 5.72. The van der Waals surface area contributed by atoms with Crippen LogP contribution in [0.15, 0.2) is 48.5 Å². The van der Waals surface area contributed by atoms with Crippen LogP contribution in [0, 0.1) is 19.7 Å². The standard InChI is InChI=1S/C19H16ClFN4O/c1-11-4-3-5-13(8-11)23-18(26)17-9-12(2)22-19(25-17)24-14-6-7-16(21)15(20)10-14/h3-10H,1-2H3,(H,23,26)(H,22,24,25). The van der Waals surface area contributed by atoms with Crippen molar-refractivity contribution in [3.8, 4) is 0 Å². The van der Waals surface area contributed by atoms with Crippen LogP contribution in [0.4, 0.5) is 21.7 Å². The van der Waals surface area contributed by atoms with Crippen LogP contribution >= 0.6 is 11.6 Å². The second-order valence-corrected chi connectivity index (χ2v) is 6.20. The van der Waals surface area contributed by atoms with Gasteiger partial charge in [-0.3, -0.25) is 4.79 Å². The molecule has 0 fully saturated rings. The number of hydrogen-bond acceptors (Lipinski definition) is 4. The average Bonchev–Trinajstić information content (AvgIpc) is 2.58. The van der Waals surface area contributed by atoms with Gasteiger partial charge >= 0.3 is 0 Å². The third-order valence-corrected chi connectivity index (χ3v) is 3.83. The topological polar surface area (TPSA) is 66.9 Å². The first-order valence-electron chi connectivity index (χ1n) is 7.86. The lowest BCUT2D eigenvalue weighted by atomic mass is 10.2. The van der Waals surface area contributed by atoms with Gasteiger partial charge in [0.25, 0.3) is 5.91 Å². The van der Waals surface area contributed by atoms with E-state index in [4.69, 9.17) is 11.6 Å². The lowest BCUT2D eigenvalue weighted by Gasteiger charge is -2.09. The van der Waals surface area contributed by atoms with E-state index in [0.29, 0.717) is 17.1 Å². The van der Waals surface area contributed by atoms with Crippen LogP contribution in [0.5, 0.6) is 0 Å². The molecule has 0 saturated heterocycles. The van der Waals surface area contributed by atoms with Crippen molar-refractivity contribution in [3.05, 3.63) is 76.3 Å². The number of hydrogen-bond donors (Lipinski definition) is 2. The minimum absolute atomic E-state index is 0.0138. The number of nitrogens with zero attached hydrogens (tertiary/aromatic N) is 2. The Bertz CT molecular complexity index is 978. The van der Waals surface area contributed by atoms with E-state index in [1.807, 2.05) is 25.1 Å². The summed E-state index contributed by atoms with van der Waals surface area (Å²) in [5.41, 5.74) is 3.08. The molecular weight excluding hydrogens is 355 g/mol. The van der Waals surface area contributed by atoms with Gasteiger partial charge in [0.2, 0.25) is 5.95 Å². The lowest BCUT2D eigenvalue weighted by Crippen LogP contribution is -2.15. The molecule has 0 aliphatic rings. The van der Waals surface area contributed by atoms with Gasteiger partial charge in [-0.15, -0.1) is 0 Å². The Kier molecular flexibility index (Phi) is 5.14. The Labute approximate surface area is 155 Å². The largest absolute Gasteiger partial charge is 0.324 e. The second kappa shape index (κ2) is 7.49. The fourth-order valence-electron chi connectivity index (χ4n) is 2.36. The van der Waals surface area contributed by atoms with Crippen LogP contribution in [0.2, 0.25) is 5.02 Å². The van der Waals surface area contributed by atoms with Crippen molar-refractivity contribution >= 4 is 34.8 Å². The van der Waals surface area contributed by atoms with Crippen LogP contribution in [-0.4, -0.2) is 15.9 Å². The monoisotopic (exact) mass is 370 g/mol. The predicted molar refractivity (Wildman–Crippen MR) is 101 cm³/mol. The Balaban J connectivity index is 1.82. The van der Waals surface area contributed by atoms with Crippen LogP contribution in [0.3, 0.4) is 0 Å². The van der Waals surface area contributed by atoms with Crippen molar-refractivity contribution in [2.24, 2.45) is 0 Å². The van der Waals surface area contributed by atoms with E-state index in [9.17, 15) is 9.18 Å². The molecular formula is C19H16ClFN4O. The summed E-state index contributed by atoms with van der Waals surface area (Å²) in [4.78, 5) is 21.0. The molecule has 1 heterocycles. The SMILES string of the molecule is Cc1cccc(NC(=O)c2cc(C)nc(Nc3ccc(F)c(Cl)c3)n2)c1. The molecule has 5 nitrogen and oxygen atoms in total. The van der Waals surface area contributed by atoms with Gasteiger partial charge in [0.1, 0.15) is 11.5 Å². The number of carbonyl (C=O) groups excluding carboxylic acids is 1. The third-order valence-electron chi connectivity index (χ3n) is 3.54. The molecule has 0 aliphatic heterocycles. The lowest BCUT2D eigenvalue weighted by molar-refractivity contribution is 0.102. The van der Waals surface area contributed by atoms with E-state index in [1.165, 1.54) is 18.2 Å². The molecule has 3 rings (SSSR count). The zero-order valence-corrected chi connectivity index (χ0v) is 14.9. The fourth-order valence-corrected chi connectivity index (χ4v) is 2.54. The Morgan fingerprint density at radius 3 is 2.58 bits per heavy atom. The first kappa shape index (κ1) is 17.8. The third kappa shape index (κ3) is 4.34. The molecule has 0 spiro atoms. The summed E-state index contributed by atoms with van der Waals surface area (Å²) < 4.78 is 13.3. The summed E-state index contributed by atoms with van der Waals surface area (Å²) >= 11 is 5.78. The molecule has 2 aromatic carbocycles. The molecule has 7 heteroatoms. The number of rotatable bonds is 4. The zero-order valence-electron chi connectivity index (χ0n) is 14.2. The quantitative estimate of drug-likeness (QED) is 0.686. The first-order valence-corrected chi connectivity index (χ1v) is 8.24. The van der Waals surface area contributed by atoms with Gasteiger partial charge in [-0.2, -0.15) is 0 Å². The van der Waals surface area contributed by atoms with Gasteiger partial charge in [-0.25, -0.2) is 14.4 Å². The van der Waals surface area contributed by atoms with Gasteiger partial charge < -0.3 is 10.6 Å². The summed E-state index contributed by atoms with van der Waals surface area (Å²) in [5.74, 6) is -0.635. The van der Waals surface area contributed by atoms with Crippen LogP contribution in [-0.2, 0) is 0 Å². The van der Waals surface area contributed by atoms with Crippen molar-refractivity contribution in [2.75, 3.05) is 10.6 Å². The van der Waals surface area contributed by atoms with Crippen LogP contribution in [0.25, 0.3) is 0 Å². The number of nitrogens with one attached hydrogen (secondary N) is 2. The summed E-state index contributed by atoms with van der Waals surface area (Å²) in [6.45, 7) is 3.70. The Morgan fingerprint density at radius 1 is 1.04 bits per heavy atom. The molecule has 1 amide bonds. The van der Waals surface area contributed by atoms with Gasteiger partial charge in [0, 0.05) is 17.1 Å². The summed E-state index contributed by atoms with van der Waals surface area (Å²) in [6, 6.07) is 13.3. The molecule has 3 aromatic rings. The molecule has 0 aliphatic carbocycles. The number of halogens is 2. The van der Waals surface area contributed by atoms with Crippen molar-refractivity contribution in [1.82, 2.24) is 9.97 Å². The molecule has 132 valence electrons. The van der Waals surface area contributed by atoms with E-state index in [2.05, 4.69) is 20.6 Å². The molecule has 0 atom stereocenters. The minimum Gasteiger partial charge on any atom is -0.324 e. The number of aryl methyl sites for hydroxylation is 2. The zero-order chi connectivity index (χ0) is 18.7. The normalized spacial score (nSPS) is 10.5. The fraction of sp³-hybridized carbons (Fsp3) is 0.105. The molecule has 2 N–H and O–H groups in total. The van der Waals surface area contributed by atoms with Crippen LogP contribution < -0.4 is 10.6 Å². The van der Waals surface area contributed by atoms with E-state index >= 15 is 0 Å². The highest BCUT2D eigenvalue weighted by molar-refractivity contribution is 6.31. The van der Waals surface area contributed by atoms with E-state index in [0.717, 1.165) is 5.56 Å². The number of anilines is 3. The summed E-state index contributed by atoms with van der Waals surface area (Å²) in [6.07, 6.45) is 0. The number of aromatic nitrogens is 2. The van der Waals surface area contributed by atoms with Crippen molar-refractivity contribution in [3.63, 3.8) is 0 Å². The molecule has 0 saturated carbocycles. The van der Waals surface area contributed by atoms with Gasteiger partial charge in [0.05, 0.1) is 5.02 Å². The maximum absolute atomic E-state index is 13.3. The number of amides is 1. The van der Waals surface area contributed by atoms with Gasteiger partial charge in [0.15, 0.2) is 0 Å². The van der Waals surface area contributed by atoms with Crippen molar-refractivity contribution in [2.45, 2.75) is 13.8 Å². The van der Waals surface area contributed by atoms with E-state index < -0.39 is 5.82 Å². The summed E-state index contributed by atoms with van der Waals surface area (Å²) in [7, 11) is 0. The van der Waals surface area contributed by atoms with E-state index in [-0.39, 0.29) is 22.6 Å². The molecule has 26 heavy (non-hydrogen) atoms. The maximum Gasteiger partial charge on any atom is 0.274 e. The highest BCUT2D eigenvalue weighted by atomic mass is 35.5. The number of carbonyl (C=O) groups is 1. The van der Waals surface area contributed by atoms with Crippen LogP contribution in [0.1, 0.15) is 21.7 Å². The molecule has 0 unspecified atom stereocenters. The van der Waals surface area contributed by atoms with E-state index in [1.54, 1.807) is 19.1 Å². The predicted octanol–water partition coefficient (Wildman–Crippen LogP) is 4.88. The van der Waals surface area contributed by atoms with Gasteiger partial charge in [-0.1, -0.05) is 23.7 Å². The number of benzene rings is 2. The molecule has 0 bridgehead atoms. The van der Waals surface area contributed by atoms with Gasteiger partial charge in [-0.05, 0) is 55.8 Å².